The van der Waals surface area contributed by atoms with Crippen LogP contribution in [-0.2, 0) is 0 Å². The Kier molecular flexibility index (Phi) is 5.72. The lowest BCUT2D eigenvalue weighted by Crippen LogP contribution is -2.41. The molecule has 0 bridgehead atoms. The van der Waals surface area contributed by atoms with Crippen molar-refractivity contribution in [2.24, 2.45) is 0 Å². The van der Waals surface area contributed by atoms with Crippen molar-refractivity contribution in [3.8, 4) is 0 Å². The Balaban J connectivity index is 2.25. The smallest absolute Gasteiger partial charge is 0.255 e. The summed E-state index contributed by atoms with van der Waals surface area (Å²) in [5.41, 5.74) is 0.595. The number of alkyl halides is 1. The third kappa shape index (κ3) is 3.73. The van der Waals surface area contributed by atoms with Gasteiger partial charge in [0.2, 0.25) is 0 Å². The first-order valence-electron chi connectivity index (χ1n) is 6.45. The van der Waals surface area contributed by atoms with Crippen LogP contribution < -0.4 is 0 Å². The van der Waals surface area contributed by atoms with Gasteiger partial charge in [-0.05, 0) is 31.0 Å². The maximum absolute atomic E-state index is 12.7. The highest BCUT2D eigenvalue weighted by Gasteiger charge is 2.26. The van der Waals surface area contributed by atoms with E-state index >= 15 is 0 Å². The van der Waals surface area contributed by atoms with E-state index in [2.05, 4.69) is 31.9 Å². The van der Waals surface area contributed by atoms with Crippen molar-refractivity contribution in [3.05, 3.63) is 33.3 Å². The lowest BCUT2D eigenvalue weighted by molar-refractivity contribution is 0.0702. The molecule has 2 rings (SSSR count). The van der Waals surface area contributed by atoms with Crippen molar-refractivity contribution in [1.82, 2.24) is 4.90 Å². The Bertz CT molecular complexity index is 467. The number of hydrogen-bond donors (Lipinski definition) is 0. The Hall–Kier alpha value is -0.0600. The number of halogens is 3. The van der Waals surface area contributed by atoms with Gasteiger partial charge in [0.1, 0.15) is 0 Å². The topological polar surface area (TPSA) is 20.3 Å². The maximum atomic E-state index is 12.7. The molecular weight excluding hydrogens is 393 g/mol. The number of carbonyl (C=O) groups is 1. The maximum Gasteiger partial charge on any atom is 0.255 e. The van der Waals surface area contributed by atoms with Gasteiger partial charge in [-0.15, -0.1) is 0 Å². The van der Waals surface area contributed by atoms with E-state index in [1.807, 2.05) is 11.0 Å². The highest BCUT2D eigenvalue weighted by molar-refractivity contribution is 9.10. The van der Waals surface area contributed by atoms with Gasteiger partial charge in [-0.2, -0.15) is 0 Å². The molecule has 1 atom stereocenters. The molecular formula is C14H16Br2ClNO. The number of likely N-dealkylation sites (tertiary alicyclic amines) is 1. The van der Waals surface area contributed by atoms with Crippen molar-refractivity contribution < 1.29 is 4.79 Å². The fourth-order valence-corrected chi connectivity index (χ4v) is 3.85. The van der Waals surface area contributed by atoms with Gasteiger partial charge in [0, 0.05) is 22.4 Å². The summed E-state index contributed by atoms with van der Waals surface area (Å²) in [7, 11) is 0. The van der Waals surface area contributed by atoms with E-state index in [0.717, 1.165) is 29.2 Å². The summed E-state index contributed by atoms with van der Waals surface area (Å²) in [5, 5.41) is 1.34. The number of nitrogens with zero attached hydrogens (tertiary/aromatic N) is 1. The minimum atomic E-state index is 0.0452. The molecule has 0 spiro atoms. The Morgan fingerprint density at radius 3 is 2.84 bits per heavy atom. The van der Waals surface area contributed by atoms with Gasteiger partial charge in [0.05, 0.1) is 10.6 Å². The van der Waals surface area contributed by atoms with Crippen LogP contribution in [0.2, 0.25) is 5.02 Å². The molecule has 1 amide bonds. The Morgan fingerprint density at radius 2 is 2.16 bits per heavy atom. The van der Waals surface area contributed by atoms with Crippen molar-refractivity contribution in [3.63, 3.8) is 0 Å². The van der Waals surface area contributed by atoms with Crippen LogP contribution in [-0.4, -0.2) is 28.7 Å². The van der Waals surface area contributed by atoms with Crippen LogP contribution in [0.4, 0.5) is 0 Å². The van der Waals surface area contributed by atoms with Gasteiger partial charge < -0.3 is 4.90 Å². The first kappa shape index (κ1) is 15.3. The van der Waals surface area contributed by atoms with E-state index in [-0.39, 0.29) is 11.9 Å². The van der Waals surface area contributed by atoms with Crippen LogP contribution in [0.15, 0.2) is 22.7 Å². The van der Waals surface area contributed by atoms with Gasteiger partial charge in [0.25, 0.3) is 5.91 Å². The van der Waals surface area contributed by atoms with E-state index in [1.165, 1.54) is 12.8 Å². The fraction of sp³-hybridized carbons (Fsp3) is 0.500. The number of hydrogen-bond acceptors (Lipinski definition) is 1. The van der Waals surface area contributed by atoms with Crippen molar-refractivity contribution in [2.75, 3.05) is 11.9 Å². The zero-order valence-corrected chi connectivity index (χ0v) is 14.5. The molecule has 1 aliphatic rings. The van der Waals surface area contributed by atoms with E-state index in [0.29, 0.717) is 10.6 Å². The summed E-state index contributed by atoms with van der Waals surface area (Å²) < 4.78 is 0.891. The molecule has 1 aromatic carbocycles. The second kappa shape index (κ2) is 7.09. The van der Waals surface area contributed by atoms with Crippen LogP contribution in [0, 0.1) is 0 Å². The summed E-state index contributed by atoms with van der Waals surface area (Å²) in [6.07, 6.45) is 4.52. The van der Waals surface area contributed by atoms with Crippen LogP contribution in [0.5, 0.6) is 0 Å². The minimum Gasteiger partial charge on any atom is -0.335 e. The Morgan fingerprint density at radius 1 is 1.37 bits per heavy atom. The SMILES string of the molecule is O=C(c1ccc(Br)cc1Cl)N1CCCCCC1CBr. The molecule has 1 unspecified atom stereocenters. The number of rotatable bonds is 2. The molecule has 1 aliphatic heterocycles. The first-order valence-corrected chi connectivity index (χ1v) is 8.74. The van der Waals surface area contributed by atoms with Gasteiger partial charge in [0.15, 0.2) is 0 Å². The van der Waals surface area contributed by atoms with Crippen LogP contribution in [0.3, 0.4) is 0 Å². The highest BCUT2D eigenvalue weighted by atomic mass is 79.9. The lowest BCUT2D eigenvalue weighted by Gasteiger charge is -2.29. The molecule has 1 saturated heterocycles. The average Bonchev–Trinajstić information content (AvgIpc) is 2.63. The summed E-state index contributed by atoms with van der Waals surface area (Å²) in [5.74, 6) is 0.0452. The molecule has 0 N–H and O–H groups in total. The third-order valence-corrected chi connectivity index (χ3v) is 5.03. The summed E-state index contributed by atoms with van der Waals surface area (Å²) in [6, 6.07) is 5.70. The van der Waals surface area contributed by atoms with Gasteiger partial charge in [-0.3, -0.25) is 4.79 Å². The quantitative estimate of drug-likeness (QED) is 0.638. The molecule has 1 aromatic rings. The van der Waals surface area contributed by atoms with E-state index in [4.69, 9.17) is 11.6 Å². The zero-order chi connectivity index (χ0) is 13.8. The molecule has 1 heterocycles. The minimum absolute atomic E-state index is 0.0452. The summed E-state index contributed by atoms with van der Waals surface area (Å²) in [4.78, 5) is 14.6. The fourth-order valence-electron chi connectivity index (χ4n) is 2.42. The van der Waals surface area contributed by atoms with Crippen molar-refractivity contribution in [1.29, 1.82) is 0 Å². The molecule has 19 heavy (non-hydrogen) atoms. The Labute approximate surface area is 135 Å². The molecule has 0 aromatic heterocycles. The van der Waals surface area contributed by atoms with Crippen LogP contribution in [0.1, 0.15) is 36.0 Å². The van der Waals surface area contributed by atoms with E-state index < -0.39 is 0 Å². The third-order valence-electron chi connectivity index (χ3n) is 3.48. The molecule has 0 saturated carbocycles. The predicted octanol–water partition coefficient (Wildman–Crippen LogP) is 4.88. The van der Waals surface area contributed by atoms with Crippen molar-refractivity contribution >= 4 is 49.4 Å². The summed E-state index contributed by atoms with van der Waals surface area (Å²) in [6.45, 7) is 0.821. The zero-order valence-electron chi connectivity index (χ0n) is 10.5. The largest absolute Gasteiger partial charge is 0.335 e. The first-order chi connectivity index (χ1) is 9.13. The molecule has 2 nitrogen and oxygen atoms in total. The van der Waals surface area contributed by atoms with E-state index in [9.17, 15) is 4.79 Å². The van der Waals surface area contributed by atoms with Gasteiger partial charge in [-0.1, -0.05) is 56.3 Å². The molecule has 5 heteroatoms. The van der Waals surface area contributed by atoms with E-state index in [1.54, 1.807) is 12.1 Å². The van der Waals surface area contributed by atoms with Crippen molar-refractivity contribution in [2.45, 2.75) is 31.7 Å². The number of benzene rings is 1. The number of carbonyl (C=O) groups excluding carboxylic acids is 1. The molecule has 104 valence electrons. The highest BCUT2D eigenvalue weighted by Crippen LogP contribution is 2.26. The van der Waals surface area contributed by atoms with Crippen LogP contribution in [0.25, 0.3) is 0 Å². The van der Waals surface area contributed by atoms with Gasteiger partial charge in [-0.25, -0.2) is 0 Å². The lowest BCUT2D eigenvalue weighted by atomic mass is 10.1. The standard InChI is InChI=1S/C14H16Br2ClNO/c15-9-11-4-2-1-3-7-18(11)14(19)12-6-5-10(16)8-13(12)17/h5-6,8,11H,1-4,7,9H2. The normalized spacial score (nSPS) is 20.2. The second-order valence-corrected chi connectivity index (χ2v) is 6.75. The molecule has 0 radical (unpaired) electrons. The van der Waals surface area contributed by atoms with Crippen LogP contribution >= 0.6 is 43.5 Å². The monoisotopic (exact) mass is 407 g/mol. The summed E-state index contributed by atoms with van der Waals surface area (Å²) >= 11 is 13.1. The second-order valence-electron chi connectivity index (χ2n) is 4.78. The van der Waals surface area contributed by atoms with Gasteiger partial charge >= 0.3 is 0 Å². The average molecular weight is 410 g/mol. The predicted molar refractivity (Wildman–Crippen MR) is 86.2 cm³/mol. The molecule has 1 fully saturated rings. The number of amides is 1. The molecule has 0 aliphatic carbocycles.